The molecule has 0 aliphatic heterocycles. The minimum absolute atomic E-state index is 0.0270. The summed E-state index contributed by atoms with van der Waals surface area (Å²) in [5.74, 6) is 0. The summed E-state index contributed by atoms with van der Waals surface area (Å²) in [5.41, 5.74) is 1.57. The number of anilines is 2. The number of non-ortho nitro benzene ring substituents is 1. The van der Waals surface area contributed by atoms with Crippen molar-refractivity contribution in [1.82, 2.24) is 4.98 Å². The van der Waals surface area contributed by atoms with Crippen LogP contribution in [0.1, 0.15) is 0 Å². The predicted octanol–water partition coefficient (Wildman–Crippen LogP) is 3.71. The largest absolute Gasteiger partial charge is 0.331 e. The fraction of sp³-hybridized carbons (Fsp3) is 0. The molecule has 25 heavy (non-hydrogen) atoms. The fourth-order valence-electron chi connectivity index (χ4n) is 2.10. The molecule has 10 heteroatoms. The van der Waals surface area contributed by atoms with Crippen LogP contribution >= 0.6 is 11.3 Å². The molecule has 3 rings (SSSR count). The molecule has 0 saturated heterocycles. The highest BCUT2D eigenvalue weighted by Crippen LogP contribution is 2.29. The molecule has 0 aliphatic carbocycles. The van der Waals surface area contributed by atoms with Gasteiger partial charge in [0.15, 0.2) is 5.13 Å². The maximum atomic E-state index is 11.2. The Hall–Kier alpha value is -2.82. The van der Waals surface area contributed by atoms with Crippen molar-refractivity contribution in [1.29, 1.82) is 0 Å². The lowest BCUT2D eigenvalue weighted by molar-refractivity contribution is -0.384. The molecule has 0 bridgehead atoms. The number of hydrogen-bond acceptors (Lipinski definition) is 7. The average Bonchev–Trinajstić information content (AvgIpc) is 3.03. The summed E-state index contributed by atoms with van der Waals surface area (Å²) in [6.45, 7) is 0. The summed E-state index contributed by atoms with van der Waals surface area (Å²) < 4.78 is 31.4. The minimum atomic E-state index is -4.29. The van der Waals surface area contributed by atoms with Gasteiger partial charge in [-0.1, -0.05) is 18.2 Å². The van der Waals surface area contributed by atoms with Gasteiger partial charge >= 0.3 is 0 Å². The quantitative estimate of drug-likeness (QED) is 0.395. The molecule has 0 fully saturated rings. The van der Waals surface area contributed by atoms with Crippen molar-refractivity contribution in [2.75, 3.05) is 5.32 Å². The van der Waals surface area contributed by atoms with E-state index in [-0.39, 0.29) is 10.6 Å². The van der Waals surface area contributed by atoms with Crippen LogP contribution in [0.25, 0.3) is 11.3 Å². The predicted molar refractivity (Wildman–Crippen MR) is 93.7 cm³/mol. The molecule has 1 heterocycles. The third-order valence-corrected chi connectivity index (χ3v) is 4.85. The molecular formula is C15H11N3O5S2. The Morgan fingerprint density at radius 1 is 1.16 bits per heavy atom. The molecule has 0 atom stereocenters. The Bertz CT molecular complexity index is 1050. The highest BCUT2D eigenvalue weighted by Gasteiger charge is 2.12. The van der Waals surface area contributed by atoms with Crippen LogP contribution < -0.4 is 5.32 Å². The molecule has 0 aliphatic rings. The molecule has 0 spiro atoms. The second kappa shape index (κ2) is 6.59. The maximum Gasteiger partial charge on any atom is 0.294 e. The lowest BCUT2D eigenvalue weighted by Gasteiger charge is -2.04. The normalized spacial score (nSPS) is 11.2. The van der Waals surface area contributed by atoms with E-state index < -0.39 is 15.0 Å². The molecule has 8 nitrogen and oxygen atoms in total. The van der Waals surface area contributed by atoms with E-state index in [0.29, 0.717) is 22.1 Å². The lowest BCUT2D eigenvalue weighted by Crippen LogP contribution is -1.99. The first-order chi connectivity index (χ1) is 11.8. The monoisotopic (exact) mass is 377 g/mol. The lowest BCUT2D eigenvalue weighted by atomic mass is 10.1. The van der Waals surface area contributed by atoms with E-state index in [1.54, 1.807) is 23.6 Å². The number of nitro benzene ring substituents is 1. The van der Waals surface area contributed by atoms with Gasteiger partial charge in [-0.25, -0.2) is 4.98 Å². The minimum Gasteiger partial charge on any atom is -0.331 e. The second-order valence-electron chi connectivity index (χ2n) is 4.97. The van der Waals surface area contributed by atoms with Crippen LogP contribution in [0.4, 0.5) is 16.5 Å². The molecule has 128 valence electrons. The highest BCUT2D eigenvalue weighted by molar-refractivity contribution is 7.85. The van der Waals surface area contributed by atoms with Gasteiger partial charge < -0.3 is 5.32 Å². The van der Waals surface area contributed by atoms with Crippen LogP contribution in [-0.4, -0.2) is 22.9 Å². The van der Waals surface area contributed by atoms with Crippen molar-refractivity contribution < 1.29 is 17.9 Å². The summed E-state index contributed by atoms with van der Waals surface area (Å²) >= 11 is 1.26. The van der Waals surface area contributed by atoms with Crippen LogP contribution in [0.5, 0.6) is 0 Å². The van der Waals surface area contributed by atoms with Crippen LogP contribution in [0.15, 0.2) is 58.8 Å². The summed E-state index contributed by atoms with van der Waals surface area (Å²) in [6.07, 6.45) is 0. The van der Waals surface area contributed by atoms with Crippen molar-refractivity contribution >= 4 is 38.0 Å². The van der Waals surface area contributed by atoms with E-state index in [0.717, 1.165) is 0 Å². The first-order valence-electron chi connectivity index (χ1n) is 6.88. The van der Waals surface area contributed by atoms with E-state index in [1.165, 1.54) is 41.7 Å². The van der Waals surface area contributed by atoms with Crippen molar-refractivity contribution in [3.05, 3.63) is 64.0 Å². The van der Waals surface area contributed by atoms with Gasteiger partial charge in [0.2, 0.25) is 0 Å². The number of rotatable bonds is 5. The van der Waals surface area contributed by atoms with Crippen molar-refractivity contribution in [2.45, 2.75) is 4.90 Å². The van der Waals surface area contributed by atoms with Gasteiger partial charge in [0.05, 0.1) is 15.5 Å². The summed E-state index contributed by atoms with van der Waals surface area (Å²) in [6, 6.07) is 11.8. The fourth-order valence-corrected chi connectivity index (χ4v) is 3.37. The van der Waals surface area contributed by atoms with Crippen LogP contribution in [0.3, 0.4) is 0 Å². The van der Waals surface area contributed by atoms with Gasteiger partial charge in [-0.2, -0.15) is 8.42 Å². The molecule has 0 radical (unpaired) electrons. The Labute approximate surface area is 146 Å². The topological polar surface area (TPSA) is 122 Å². The Balaban J connectivity index is 1.85. The highest BCUT2D eigenvalue weighted by atomic mass is 32.2. The van der Waals surface area contributed by atoms with E-state index in [1.807, 2.05) is 0 Å². The molecule has 2 aromatic carbocycles. The molecule has 0 amide bonds. The zero-order chi connectivity index (χ0) is 18.0. The van der Waals surface area contributed by atoms with Crippen LogP contribution in [-0.2, 0) is 10.1 Å². The smallest absolute Gasteiger partial charge is 0.294 e. The Morgan fingerprint density at radius 3 is 2.64 bits per heavy atom. The third kappa shape index (κ3) is 3.99. The van der Waals surface area contributed by atoms with Gasteiger partial charge in [0.1, 0.15) is 0 Å². The molecule has 0 saturated carbocycles. The Kier molecular flexibility index (Phi) is 4.49. The number of nitro groups is 1. The Morgan fingerprint density at radius 2 is 1.92 bits per heavy atom. The molecule has 1 aromatic heterocycles. The number of hydrogen-bond donors (Lipinski definition) is 2. The second-order valence-corrected chi connectivity index (χ2v) is 7.25. The van der Waals surface area contributed by atoms with Gasteiger partial charge in [-0.3, -0.25) is 14.7 Å². The van der Waals surface area contributed by atoms with Crippen molar-refractivity contribution in [3.63, 3.8) is 0 Å². The van der Waals surface area contributed by atoms with E-state index in [9.17, 15) is 18.5 Å². The molecular weight excluding hydrogens is 366 g/mol. The van der Waals surface area contributed by atoms with Gasteiger partial charge in [-0.15, -0.1) is 11.3 Å². The first kappa shape index (κ1) is 17.0. The number of aromatic nitrogens is 1. The third-order valence-electron chi connectivity index (χ3n) is 3.24. The van der Waals surface area contributed by atoms with Gasteiger partial charge in [-0.05, 0) is 18.2 Å². The van der Waals surface area contributed by atoms with E-state index in [2.05, 4.69) is 10.3 Å². The number of benzene rings is 2. The molecule has 0 unspecified atom stereocenters. The summed E-state index contributed by atoms with van der Waals surface area (Å²) in [5, 5.41) is 16.0. The number of thiazole rings is 1. The zero-order valence-corrected chi connectivity index (χ0v) is 14.1. The summed E-state index contributed by atoms with van der Waals surface area (Å²) in [7, 11) is -4.29. The number of nitrogens with one attached hydrogen (secondary N) is 1. The van der Waals surface area contributed by atoms with Crippen LogP contribution in [0.2, 0.25) is 0 Å². The van der Waals surface area contributed by atoms with E-state index >= 15 is 0 Å². The van der Waals surface area contributed by atoms with Crippen molar-refractivity contribution in [2.24, 2.45) is 0 Å². The van der Waals surface area contributed by atoms with Crippen molar-refractivity contribution in [3.8, 4) is 11.3 Å². The van der Waals surface area contributed by atoms with Gasteiger partial charge in [0.25, 0.3) is 15.8 Å². The standard InChI is InChI=1S/C15H11N3O5S2/c19-18(20)12-5-1-3-10(7-12)14-9-24-15(17-14)16-11-4-2-6-13(8-11)25(21,22)23/h1-9H,(H,16,17)(H,21,22,23). The first-order valence-corrected chi connectivity index (χ1v) is 9.20. The maximum absolute atomic E-state index is 11.2. The molecule has 3 aromatic rings. The summed E-state index contributed by atoms with van der Waals surface area (Å²) in [4.78, 5) is 14.5. The average molecular weight is 377 g/mol. The molecule has 2 N–H and O–H groups in total. The van der Waals surface area contributed by atoms with Crippen LogP contribution in [0, 0.1) is 10.1 Å². The van der Waals surface area contributed by atoms with E-state index in [4.69, 9.17) is 4.55 Å². The SMILES string of the molecule is O=[N+]([O-])c1cccc(-c2csc(Nc3cccc(S(=O)(=O)O)c3)n2)c1. The number of nitrogens with zero attached hydrogens (tertiary/aromatic N) is 2. The zero-order valence-electron chi connectivity index (χ0n) is 12.5. The van der Waals surface area contributed by atoms with Gasteiger partial charge in [0, 0.05) is 28.8 Å².